The Bertz CT molecular complexity index is 570. The number of aromatic nitrogens is 1. The van der Waals surface area contributed by atoms with Crippen LogP contribution in [-0.2, 0) is 6.42 Å². The van der Waals surface area contributed by atoms with Gasteiger partial charge in [0.05, 0.1) is 0 Å². The predicted octanol–water partition coefficient (Wildman–Crippen LogP) is 2.52. The van der Waals surface area contributed by atoms with Crippen LogP contribution < -0.4 is 5.73 Å². The van der Waals surface area contributed by atoms with E-state index in [0.717, 1.165) is 25.9 Å². The molecule has 1 aliphatic heterocycles. The zero-order chi connectivity index (χ0) is 13.5. The van der Waals surface area contributed by atoms with Gasteiger partial charge in [-0.05, 0) is 38.3 Å². The van der Waals surface area contributed by atoms with Gasteiger partial charge in [0, 0.05) is 41.8 Å². The van der Waals surface area contributed by atoms with Crippen LogP contribution in [0.5, 0.6) is 0 Å². The topological polar surface area (TPSA) is 45.0 Å². The van der Waals surface area contributed by atoms with Crippen molar-refractivity contribution < 1.29 is 0 Å². The SMILES string of the molecule is CC1(C)C(N)CCN1CCc1c[nH]c2ccccc12. The number of rotatable bonds is 3. The molecule has 2 heterocycles. The molecule has 3 rings (SSSR count). The van der Waals surface area contributed by atoms with Gasteiger partial charge in [-0.1, -0.05) is 18.2 Å². The van der Waals surface area contributed by atoms with Gasteiger partial charge in [-0.3, -0.25) is 4.90 Å². The first-order chi connectivity index (χ1) is 9.09. The van der Waals surface area contributed by atoms with Crippen LogP contribution in [0.1, 0.15) is 25.8 Å². The van der Waals surface area contributed by atoms with E-state index < -0.39 is 0 Å². The van der Waals surface area contributed by atoms with Crippen LogP contribution in [0.4, 0.5) is 0 Å². The molecule has 1 aliphatic rings. The van der Waals surface area contributed by atoms with Gasteiger partial charge in [-0.15, -0.1) is 0 Å². The van der Waals surface area contributed by atoms with E-state index in [4.69, 9.17) is 5.73 Å². The van der Waals surface area contributed by atoms with Gasteiger partial charge in [-0.2, -0.15) is 0 Å². The lowest BCUT2D eigenvalue weighted by atomic mass is 9.96. The third-order valence-corrected chi connectivity index (χ3v) is 4.76. The number of aromatic amines is 1. The molecular weight excluding hydrogens is 234 g/mol. The fourth-order valence-corrected chi connectivity index (χ4v) is 3.16. The Morgan fingerprint density at radius 3 is 2.89 bits per heavy atom. The number of likely N-dealkylation sites (tertiary alicyclic amines) is 1. The first-order valence-corrected chi connectivity index (χ1v) is 7.14. The summed E-state index contributed by atoms with van der Waals surface area (Å²) < 4.78 is 0. The van der Waals surface area contributed by atoms with Crippen LogP contribution in [-0.4, -0.2) is 34.6 Å². The number of hydrogen-bond donors (Lipinski definition) is 2. The van der Waals surface area contributed by atoms with E-state index in [1.807, 2.05) is 0 Å². The Morgan fingerprint density at radius 2 is 2.16 bits per heavy atom. The highest BCUT2D eigenvalue weighted by atomic mass is 15.2. The average molecular weight is 257 g/mol. The normalized spacial score (nSPS) is 23.2. The summed E-state index contributed by atoms with van der Waals surface area (Å²) in [6.45, 7) is 6.73. The molecule has 1 aromatic carbocycles. The van der Waals surface area contributed by atoms with E-state index in [-0.39, 0.29) is 5.54 Å². The third kappa shape index (κ3) is 2.17. The van der Waals surface area contributed by atoms with Crippen molar-refractivity contribution in [2.24, 2.45) is 5.73 Å². The summed E-state index contributed by atoms with van der Waals surface area (Å²) in [7, 11) is 0. The Morgan fingerprint density at radius 1 is 1.37 bits per heavy atom. The molecule has 0 spiro atoms. The molecule has 2 aromatic rings. The molecule has 19 heavy (non-hydrogen) atoms. The number of benzene rings is 1. The Kier molecular flexibility index (Phi) is 3.11. The van der Waals surface area contributed by atoms with Crippen molar-refractivity contribution >= 4 is 10.9 Å². The van der Waals surface area contributed by atoms with Crippen molar-refractivity contribution in [2.45, 2.75) is 38.3 Å². The molecule has 3 heteroatoms. The van der Waals surface area contributed by atoms with E-state index in [9.17, 15) is 0 Å². The largest absolute Gasteiger partial charge is 0.361 e. The highest BCUT2D eigenvalue weighted by Gasteiger charge is 2.38. The van der Waals surface area contributed by atoms with Gasteiger partial charge in [0.25, 0.3) is 0 Å². The van der Waals surface area contributed by atoms with Gasteiger partial charge < -0.3 is 10.7 Å². The van der Waals surface area contributed by atoms with E-state index in [0.29, 0.717) is 6.04 Å². The number of fused-ring (bicyclic) bond motifs is 1. The molecule has 1 fully saturated rings. The van der Waals surface area contributed by atoms with Gasteiger partial charge in [0.1, 0.15) is 0 Å². The highest BCUT2D eigenvalue weighted by Crippen LogP contribution is 2.28. The lowest BCUT2D eigenvalue weighted by molar-refractivity contribution is 0.165. The van der Waals surface area contributed by atoms with Crippen molar-refractivity contribution in [3.63, 3.8) is 0 Å². The summed E-state index contributed by atoms with van der Waals surface area (Å²) in [4.78, 5) is 5.88. The van der Waals surface area contributed by atoms with Gasteiger partial charge in [0.2, 0.25) is 0 Å². The molecule has 1 atom stereocenters. The Balaban J connectivity index is 1.73. The van der Waals surface area contributed by atoms with Crippen LogP contribution in [0.25, 0.3) is 10.9 Å². The number of hydrogen-bond acceptors (Lipinski definition) is 2. The first kappa shape index (κ1) is 12.7. The van der Waals surface area contributed by atoms with Crippen molar-refractivity contribution in [3.05, 3.63) is 36.0 Å². The molecule has 1 saturated heterocycles. The predicted molar refractivity (Wildman–Crippen MR) is 80.2 cm³/mol. The monoisotopic (exact) mass is 257 g/mol. The van der Waals surface area contributed by atoms with E-state index in [1.54, 1.807) is 0 Å². The Hall–Kier alpha value is -1.32. The third-order valence-electron chi connectivity index (χ3n) is 4.76. The maximum absolute atomic E-state index is 6.19. The zero-order valence-corrected chi connectivity index (χ0v) is 11.8. The lowest BCUT2D eigenvalue weighted by Crippen LogP contribution is -2.49. The van der Waals surface area contributed by atoms with Crippen molar-refractivity contribution in [1.29, 1.82) is 0 Å². The second-order valence-electron chi connectivity index (χ2n) is 6.15. The molecule has 1 aromatic heterocycles. The molecule has 102 valence electrons. The van der Waals surface area contributed by atoms with Crippen LogP contribution in [0, 0.1) is 0 Å². The molecule has 1 unspecified atom stereocenters. The number of nitrogens with one attached hydrogen (secondary N) is 1. The maximum atomic E-state index is 6.19. The zero-order valence-electron chi connectivity index (χ0n) is 11.8. The summed E-state index contributed by atoms with van der Waals surface area (Å²) in [6, 6.07) is 8.81. The quantitative estimate of drug-likeness (QED) is 0.887. The number of nitrogens with zero attached hydrogens (tertiary/aromatic N) is 1. The standard InChI is InChI=1S/C16H23N3/c1-16(2)15(17)8-10-19(16)9-7-12-11-18-14-6-4-3-5-13(12)14/h3-6,11,15,18H,7-10,17H2,1-2H3. The fraction of sp³-hybridized carbons (Fsp3) is 0.500. The highest BCUT2D eigenvalue weighted by molar-refractivity contribution is 5.83. The minimum absolute atomic E-state index is 0.131. The van der Waals surface area contributed by atoms with Gasteiger partial charge in [-0.25, -0.2) is 0 Å². The van der Waals surface area contributed by atoms with Gasteiger partial charge >= 0.3 is 0 Å². The summed E-state index contributed by atoms with van der Waals surface area (Å²) in [6.07, 6.45) is 4.34. The summed E-state index contributed by atoms with van der Waals surface area (Å²) in [5, 5.41) is 1.35. The summed E-state index contributed by atoms with van der Waals surface area (Å²) >= 11 is 0. The summed E-state index contributed by atoms with van der Waals surface area (Å²) in [5.41, 5.74) is 8.97. The maximum Gasteiger partial charge on any atom is 0.0456 e. The number of para-hydroxylation sites is 1. The van der Waals surface area contributed by atoms with Crippen molar-refractivity contribution in [1.82, 2.24) is 9.88 Å². The molecule has 0 amide bonds. The number of H-pyrrole nitrogens is 1. The van der Waals surface area contributed by atoms with Crippen LogP contribution in [0.2, 0.25) is 0 Å². The second kappa shape index (κ2) is 4.66. The molecule has 0 saturated carbocycles. The van der Waals surface area contributed by atoms with Crippen LogP contribution in [0.15, 0.2) is 30.5 Å². The lowest BCUT2D eigenvalue weighted by Gasteiger charge is -2.34. The van der Waals surface area contributed by atoms with Gasteiger partial charge in [0.15, 0.2) is 0 Å². The average Bonchev–Trinajstić information content (AvgIpc) is 2.91. The molecule has 0 radical (unpaired) electrons. The van der Waals surface area contributed by atoms with Crippen molar-refractivity contribution in [2.75, 3.05) is 13.1 Å². The van der Waals surface area contributed by atoms with E-state index >= 15 is 0 Å². The smallest absolute Gasteiger partial charge is 0.0456 e. The molecule has 0 aliphatic carbocycles. The molecule has 3 nitrogen and oxygen atoms in total. The summed E-state index contributed by atoms with van der Waals surface area (Å²) in [5.74, 6) is 0. The van der Waals surface area contributed by atoms with E-state index in [1.165, 1.54) is 16.5 Å². The minimum atomic E-state index is 0.131. The van der Waals surface area contributed by atoms with Crippen LogP contribution >= 0.6 is 0 Å². The van der Waals surface area contributed by atoms with Crippen molar-refractivity contribution in [3.8, 4) is 0 Å². The second-order valence-corrected chi connectivity index (χ2v) is 6.15. The fourth-order valence-electron chi connectivity index (χ4n) is 3.16. The van der Waals surface area contributed by atoms with Crippen LogP contribution in [0.3, 0.4) is 0 Å². The first-order valence-electron chi connectivity index (χ1n) is 7.14. The molecule has 3 N–H and O–H groups in total. The molecular formula is C16H23N3. The van der Waals surface area contributed by atoms with E-state index in [2.05, 4.69) is 54.2 Å². The molecule has 0 bridgehead atoms. The Labute approximate surface area is 114 Å². The number of nitrogens with two attached hydrogens (primary N) is 1. The minimum Gasteiger partial charge on any atom is -0.361 e.